The Labute approximate surface area is 80.7 Å². The lowest BCUT2D eigenvalue weighted by Crippen LogP contribution is -1.91. The molecule has 13 heavy (non-hydrogen) atoms. The van der Waals surface area contributed by atoms with Crippen LogP contribution in [0.25, 0.3) is 0 Å². The number of hydrogen-bond donors (Lipinski definition) is 1. The standard InChI is InChI=1S/C11H20O2/c1-2-3-4-5-6-7-8-9-10-11(12)13/h7-8H,2-6,9-10H2,1H3,(H,12,13)/b8-7+. The molecule has 0 aliphatic heterocycles. The molecule has 2 heteroatoms. The molecule has 0 unspecified atom stereocenters. The second-order valence-electron chi connectivity index (χ2n) is 3.25. The van der Waals surface area contributed by atoms with Crippen LogP contribution in [0.15, 0.2) is 12.2 Å². The third-order valence-corrected chi connectivity index (χ3v) is 1.92. The minimum atomic E-state index is -0.712. The first-order chi connectivity index (χ1) is 6.27. The van der Waals surface area contributed by atoms with Crippen molar-refractivity contribution in [3.63, 3.8) is 0 Å². The van der Waals surface area contributed by atoms with Gasteiger partial charge in [-0.15, -0.1) is 0 Å². The molecule has 0 amide bonds. The normalized spacial score (nSPS) is 10.8. The number of carboxylic acids is 1. The highest BCUT2D eigenvalue weighted by Crippen LogP contribution is 2.03. The molecule has 0 saturated carbocycles. The van der Waals surface area contributed by atoms with E-state index in [1.165, 1.54) is 25.7 Å². The van der Waals surface area contributed by atoms with E-state index in [-0.39, 0.29) is 6.42 Å². The van der Waals surface area contributed by atoms with Gasteiger partial charge < -0.3 is 5.11 Å². The lowest BCUT2D eigenvalue weighted by atomic mass is 10.1. The van der Waals surface area contributed by atoms with Gasteiger partial charge in [-0.3, -0.25) is 4.79 Å². The van der Waals surface area contributed by atoms with E-state index < -0.39 is 5.97 Å². The highest BCUT2D eigenvalue weighted by molar-refractivity contribution is 5.66. The summed E-state index contributed by atoms with van der Waals surface area (Å²) in [5.41, 5.74) is 0. The van der Waals surface area contributed by atoms with Crippen LogP contribution in [0.5, 0.6) is 0 Å². The zero-order valence-electron chi connectivity index (χ0n) is 8.46. The van der Waals surface area contributed by atoms with Gasteiger partial charge in [0.15, 0.2) is 0 Å². The van der Waals surface area contributed by atoms with Gasteiger partial charge in [-0.1, -0.05) is 38.3 Å². The van der Waals surface area contributed by atoms with E-state index in [9.17, 15) is 4.79 Å². The van der Waals surface area contributed by atoms with Crippen molar-refractivity contribution >= 4 is 5.97 Å². The minimum Gasteiger partial charge on any atom is -0.481 e. The van der Waals surface area contributed by atoms with Crippen LogP contribution in [-0.4, -0.2) is 11.1 Å². The fourth-order valence-electron chi connectivity index (χ4n) is 1.13. The molecular formula is C11H20O2. The zero-order valence-corrected chi connectivity index (χ0v) is 8.46. The number of carboxylic acid groups (broad SMARTS) is 1. The highest BCUT2D eigenvalue weighted by Gasteiger charge is 1.91. The van der Waals surface area contributed by atoms with E-state index in [4.69, 9.17) is 5.11 Å². The molecule has 0 radical (unpaired) electrons. The smallest absolute Gasteiger partial charge is 0.303 e. The first-order valence-electron chi connectivity index (χ1n) is 5.14. The Kier molecular flexibility index (Phi) is 8.73. The van der Waals surface area contributed by atoms with Gasteiger partial charge >= 0.3 is 5.97 Å². The van der Waals surface area contributed by atoms with Crippen LogP contribution in [0.1, 0.15) is 51.9 Å². The van der Waals surface area contributed by atoms with Crippen molar-refractivity contribution in [1.29, 1.82) is 0 Å². The van der Waals surface area contributed by atoms with Crippen LogP contribution in [0, 0.1) is 0 Å². The minimum absolute atomic E-state index is 0.255. The summed E-state index contributed by atoms with van der Waals surface area (Å²) in [6, 6.07) is 0. The Morgan fingerprint density at radius 3 is 2.46 bits per heavy atom. The average molecular weight is 184 g/mol. The van der Waals surface area contributed by atoms with Crippen LogP contribution < -0.4 is 0 Å². The van der Waals surface area contributed by atoms with E-state index in [2.05, 4.69) is 13.0 Å². The molecule has 0 aliphatic rings. The lowest BCUT2D eigenvalue weighted by Gasteiger charge is -1.93. The van der Waals surface area contributed by atoms with Gasteiger partial charge in [0.25, 0.3) is 0 Å². The van der Waals surface area contributed by atoms with Crippen molar-refractivity contribution in [2.45, 2.75) is 51.9 Å². The maximum Gasteiger partial charge on any atom is 0.303 e. The van der Waals surface area contributed by atoms with Gasteiger partial charge in [-0.05, 0) is 19.3 Å². The number of unbranched alkanes of at least 4 members (excludes halogenated alkanes) is 4. The maximum absolute atomic E-state index is 10.1. The average Bonchev–Trinajstić information content (AvgIpc) is 2.09. The van der Waals surface area contributed by atoms with E-state index >= 15 is 0 Å². The first kappa shape index (κ1) is 12.2. The molecule has 0 rings (SSSR count). The molecule has 0 saturated heterocycles. The molecule has 0 heterocycles. The number of hydrogen-bond acceptors (Lipinski definition) is 1. The molecule has 1 N–H and O–H groups in total. The van der Waals surface area contributed by atoms with Crippen LogP contribution in [0.2, 0.25) is 0 Å². The Balaban J connectivity index is 3.08. The Hall–Kier alpha value is -0.790. The van der Waals surface area contributed by atoms with Gasteiger partial charge in [-0.25, -0.2) is 0 Å². The number of allylic oxidation sites excluding steroid dienone is 2. The topological polar surface area (TPSA) is 37.3 Å². The quantitative estimate of drug-likeness (QED) is 0.464. The summed E-state index contributed by atoms with van der Waals surface area (Å²) >= 11 is 0. The summed E-state index contributed by atoms with van der Waals surface area (Å²) in [6.45, 7) is 2.20. The third kappa shape index (κ3) is 11.2. The van der Waals surface area contributed by atoms with Gasteiger partial charge in [0.1, 0.15) is 0 Å². The number of aliphatic carboxylic acids is 1. The molecular weight excluding hydrogens is 164 g/mol. The van der Waals surface area contributed by atoms with Crippen molar-refractivity contribution in [3.8, 4) is 0 Å². The largest absolute Gasteiger partial charge is 0.481 e. The molecule has 0 aliphatic carbocycles. The van der Waals surface area contributed by atoms with Crippen molar-refractivity contribution in [2.24, 2.45) is 0 Å². The molecule has 2 nitrogen and oxygen atoms in total. The Bertz CT molecular complexity index is 150. The van der Waals surface area contributed by atoms with Crippen LogP contribution in [-0.2, 0) is 4.79 Å². The van der Waals surface area contributed by atoms with E-state index in [1.807, 2.05) is 6.08 Å². The first-order valence-corrected chi connectivity index (χ1v) is 5.14. The number of rotatable bonds is 8. The summed E-state index contributed by atoms with van der Waals surface area (Å²) in [7, 11) is 0. The monoisotopic (exact) mass is 184 g/mol. The fourth-order valence-corrected chi connectivity index (χ4v) is 1.13. The lowest BCUT2D eigenvalue weighted by molar-refractivity contribution is -0.136. The Morgan fingerprint density at radius 2 is 1.85 bits per heavy atom. The van der Waals surface area contributed by atoms with Crippen LogP contribution in [0.4, 0.5) is 0 Å². The molecule has 0 fully saturated rings. The summed E-state index contributed by atoms with van der Waals surface area (Å²) in [5.74, 6) is -0.712. The number of carbonyl (C=O) groups is 1. The van der Waals surface area contributed by atoms with Crippen molar-refractivity contribution in [2.75, 3.05) is 0 Å². The van der Waals surface area contributed by atoms with Gasteiger partial charge in [0.05, 0.1) is 0 Å². The van der Waals surface area contributed by atoms with Crippen LogP contribution >= 0.6 is 0 Å². The second kappa shape index (κ2) is 9.30. The van der Waals surface area contributed by atoms with Crippen LogP contribution in [0.3, 0.4) is 0 Å². The zero-order chi connectivity index (χ0) is 9.94. The SMILES string of the molecule is CCCCCC/C=C/CCC(=O)O. The third-order valence-electron chi connectivity index (χ3n) is 1.92. The van der Waals surface area contributed by atoms with Crippen molar-refractivity contribution < 1.29 is 9.90 Å². The predicted octanol–water partition coefficient (Wildman–Crippen LogP) is 3.38. The Morgan fingerprint density at radius 1 is 1.15 bits per heavy atom. The van der Waals surface area contributed by atoms with Crippen molar-refractivity contribution in [1.82, 2.24) is 0 Å². The molecule has 0 spiro atoms. The van der Waals surface area contributed by atoms with Gasteiger partial charge in [0.2, 0.25) is 0 Å². The predicted molar refractivity (Wildman–Crippen MR) is 54.8 cm³/mol. The van der Waals surface area contributed by atoms with E-state index in [1.54, 1.807) is 0 Å². The van der Waals surface area contributed by atoms with E-state index in [0.717, 1.165) is 6.42 Å². The maximum atomic E-state index is 10.1. The molecule has 76 valence electrons. The summed E-state index contributed by atoms with van der Waals surface area (Å²) in [6.07, 6.45) is 11.2. The van der Waals surface area contributed by atoms with Gasteiger partial charge in [0, 0.05) is 6.42 Å². The molecule has 0 atom stereocenters. The highest BCUT2D eigenvalue weighted by atomic mass is 16.4. The van der Waals surface area contributed by atoms with Gasteiger partial charge in [-0.2, -0.15) is 0 Å². The van der Waals surface area contributed by atoms with Crippen molar-refractivity contribution in [3.05, 3.63) is 12.2 Å². The molecule has 0 aromatic carbocycles. The molecule has 0 aromatic heterocycles. The second-order valence-corrected chi connectivity index (χ2v) is 3.25. The summed E-state index contributed by atoms with van der Waals surface area (Å²) in [5, 5.41) is 8.35. The summed E-state index contributed by atoms with van der Waals surface area (Å²) in [4.78, 5) is 10.1. The van der Waals surface area contributed by atoms with E-state index in [0.29, 0.717) is 6.42 Å². The molecule has 0 bridgehead atoms. The fraction of sp³-hybridized carbons (Fsp3) is 0.727. The summed E-state index contributed by atoms with van der Waals surface area (Å²) < 4.78 is 0. The molecule has 0 aromatic rings.